The van der Waals surface area contributed by atoms with Gasteiger partial charge >= 0.3 is 70.8 Å². The molecular weight excluding hydrogens is 991 g/mol. The number of hydrogen-bond acceptors (Lipinski definition) is 21. The van der Waals surface area contributed by atoms with Crippen LogP contribution in [0.4, 0.5) is 0 Å². The standard InChI is InChI=1S/C51H55N3O21/c1-9-34(35(10-2)44(59)73-28-25-70-40(55)31(3)4)43(58)67-22-19-52-49(64)53(20-23-68-45(60)36-15-11-13-17-38(36)47(62)74-29-26-71-41(56)32(5)6)51(66)54(50(52)65)21-24-69-46(61)37-16-12-14-18-39(37)48(63)75-30-27-72-42(57)33(7)8/h9-11,13,15-18H,1-3,5,7,12,14,19-30H2,4,6,8H3/b35-34-. The molecule has 0 amide bonds. The Kier molecular flexibility index (Phi) is 24.0. The lowest BCUT2D eigenvalue weighted by Gasteiger charge is -2.16. The molecule has 24 heteroatoms. The van der Waals surface area contributed by atoms with Crippen molar-refractivity contribution in [1.29, 1.82) is 0 Å². The van der Waals surface area contributed by atoms with Crippen molar-refractivity contribution in [3.05, 3.63) is 163 Å². The molecular formula is C51H55N3O21. The molecule has 24 nitrogen and oxygen atoms in total. The predicted molar refractivity (Wildman–Crippen MR) is 260 cm³/mol. The average Bonchev–Trinajstić information content (AvgIpc) is 3.38. The number of rotatable bonds is 29. The lowest BCUT2D eigenvalue weighted by molar-refractivity contribution is -0.147. The monoisotopic (exact) mass is 1050 g/mol. The summed E-state index contributed by atoms with van der Waals surface area (Å²) in [6, 6.07) is 5.32. The number of aromatic nitrogens is 3. The summed E-state index contributed by atoms with van der Waals surface area (Å²) in [5.74, 6) is -8.49. The molecule has 1 aliphatic rings. The van der Waals surface area contributed by atoms with Gasteiger partial charge in [0.2, 0.25) is 0 Å². The summed E-state index contributed by atoms with van der Waals surface area (Å²) in [7, 11) is 0. The fraction of sp³-hybridized carbons (Fsp3) is 0.333. The summed E-state index contributed by atoms with van der Waals surface area (Å²) >= 11 is 0. The second-order valence-corrected chi connectivity index (χ2v) is 15.5. The third kappa shape index (κ3) is 17.8. The van der Waals surface area contributed by atoms with E-state index in [1.54, 1.807) is 0 Å². The molecule has 0 aliphatic heterocycles. The van der Waals surface area contributed by atoms with Gasteiger partial charge in [0.05, 0.1) is 53.1 Å². The SMILES string of the molecule is C=C/C(C(=O)OCCOC(=O)C(=C)C)=C(\C=C)C(=O)OCCn1c(=O)n(CCOC(=O)C2=CCCC=C2C(=O)OCCOC(=O)C(=C)C)c(=O)n(CCOC(=O)c2ccccc2C(=O)OCCOC(=O)C(=C)C)c1=O. The van der Waals surface area contributed by atoms with E-state index >= 15 is 0 Å². The smallest absolute Gasteiger partial charge is 0.339 e. The molecule has 400 valence electrons. The van der Waals surface area contributed by atoms with Gasteiger partial charge in [-0.05, 0) is 45.7 Å². The molecule has 0 radical (unpaired) electrons. The maximum absolute atomic E-state index is 13.9. The quantitative estimate of drug-likeness (QED) is 0.0370. The molecule has 1 aliphatic carbocycles. The van der Waals surface area contributed by atoms with Crippen LogP contribution in [0.15, 0.2) is 135 Å². The highest BCUT2D eigenvalue weighted by molar-refractivity contribution is 6.07. The molecule has 0 fully saturated rings. The summed E-state index contributed by atoms with van der Waals surface area (Å²) in [6.07, 6.45) is 5.43. The molecule has 1 aromatic heterocycles. The Hall–Kier alpha value is -9.22. The number of carbonyl (C=O) groups excluding carboxylic acids is 9. The summed E-state index contributed by atoms with van der Waals surface area (Å²) in [6.45, 7) is 15.2. The zero-order valence-corrected chi connectivity index (χ0v) is 41.5. The van der Waals surface area contributed by atoms with E-state index in [9.17, 15) is 57.5 Å². The van der Waals surface area contributed by atoms with Crippen molar-refractivity contribution in [2.75, 3.05) is 59.5 Å². The van der Waals surface area contributed by atoms with Crippen molar-refractivity contribution < 1.29 is 85.8 Å². The minimum absolute atomic E-state index is 0.105. The summed E-state index contributed by atoms with van der Waals surface area (Å²) in [4.78, 5) is 155. The third-order valence-electron chi connectivity index (χ3n) is 9.82. The molecule has 0 saturated carbocycles. The van der Waals surface area contributed by atoms with Crippen molar-refractivity contribution in [2.45, 2.75) is 53.2 Å². The zero-order valence-electron chi connectivity index (χ0n) is 41.5. The first-order chi connectivity index (χ1) is 35.7. The zero-order chi connectivity index (χ0) is 55.8. The van der Waals surface area contributed by atoms with E-state index in [0.29, 0.717) is 26.5 Å². The highest BCUT2D eigenvalue weighted by Gasteiger charge is 2.27. The number of esters is 9. The number of carbonyl (C=O) groups is 9. The number of ether oxygens (including phenoxy) is 9. The molecule has 3 rings (SSSR count). The molecule has 75 heavy (non-hydrogen) atoms. The van der Waals surface area contributed by atoms with Gasteiger partial charge in [-0.1, -0.05) is 69.3 Å². The molecule has 2 aromatic rings. The third-order valence-corrected chi connectivity index (χ3v) is 9.82. The van der Waals surface area contributed by atoms with Gasteiger partial charge in [0.1, 0.15) is 59.5 Å². The first kappa shape index (κ1) is 60.1. The molecule has 1 heterocycles. The van der Waals surface area contributed by atoms with E-state index in [-0.39, 0.29) is 72.0 Å². The maximum Gasteiger partial charge on any atom is 0.339 e. The van der Waals surface area contributed by atoms with Crippen molar-refractivity contribution in [3.8, 4) is 0 Å². The number of nitrogens with zero attached hydrogens (tertiary/aromatic N) is 3. The topological polar surface area (TPSA) is 303 Å². The van der Waals surface area contributed by atoms with Gasteiger partial charge < -0.3 is 42.6 Å². The van der Waals surface area contributed by atoms with E-state index in [4.69, 9.17) is 42.6 Å². The van der Waals surface area contributed by atoms with Crippen LogP contribution < -0.4 is 17.1 Å². The molecule has 0 saturated heterocycles. The minimum atomic E-state index is -1.28. The van der Waals surface area contributed by atoms with E-state index in [0.717, 1.165) is 12.2 Å². The lowest BCUT2D eigenvalue weighted by Crippen LogP contribution is -2.55. The van der Waals surface area contributed by atoms with Crippen molar-refractivity contribution in [2.24, 2.45) is 0 Å². The fourth-order valence-corrected chi connectivity index (χ4v) is 6.10. The van der Waals surface area contributed by atoms with Gasteiger partial charge in [-0.2, -0.15) is 0 Å². The van der Waals surface area contributed by atoms with Crippen LogP contribution in [0.3, 0.4) is 0 Å². The van der Waals surface area contributed by atoms with Crippen molar-refractivity contribution in [3.63, 3.8) is 0 Å². The van der Waals surface area contributed by atoms with Crippen LogP contribution in [0.25, 0.3) is 0 Å². The van der Waals surface area contributed by atoms with Crippen LogP contribution in [-0.2, 0) is 95.8 Å². The largest absolute Gasteiger partial charge is 0.460 e. The van der Waals surface area contributed by atoms with Crippen molar-refractivity contribution >= 4 is 53.7 Å². The Bertz CT molecular complexity index is 2920. The second kappa shape index (κ2) is 30.0. The van der Waals surface area contributed by atoms with Gasteiger partial charge in [0.15, 0.2) is 0 Å². The number of hydrogen-bond donors (Lipinski definition) is 0. The number of benzene rings is 1. The summed E-state index contributed by atoms with van der Waals surface area (Å²) < 4.78 is 47.4. The van der Waals surface area contributed by atoms with E-state index in [2.05, 4.69) is 32.9 Å². The molecule has 0 bridgehead atoms. The first-order valence-electron chi connectivity index (χ1n) is 22.6. The van der Waals surface area contributed by atoms with Gasteiger partial charge in [-0.3, -0.25) is 0 Å². The van der Waals surface area contributed by atoms with E-state index in [1.807, 2.05) is 0 Å². The summed E-state index contributed by atoms with van der Waals surface area (Å²) in [5.41, 5.74) is -5.23. The van der Waals surface area contributed by atoms with Crippen molar-refractivity contribution in [1.82, 2.24) is 13.7 Å². The predicted octanol–water partition coefficient (Wildman–Crippen LogP) is 2.03. The Morgan fingerprint density at radius 2 is 0.693 bits per heavy atom. The van der Waals surface area contributed by atoms with Crippen LogP contribution >= 0.6 is 0 Å². The molecule has 0 spiro atoms. The highest BCUT2D eigenvalue weighted by atomic mass is 16.6. The van der Waals surface area contributed by atoms with Gasteiger partial charge in [-0.15, -0.1) is 0 Å². The second-order valence-electron chi connectivity index (χ2n) is 15.5. The normalized spacial score (nSPS) is 11.9. The fourth-order valence-electron chi connectivity index (χ4n) is 6.10. The van der Waals surface area contributed by atoms with Crippen LogP contribution in [0.2, 0.25) is 0 Å². The molecule has 1 aromatic carbocycles. The van der Waals surface area contributed by atoms with Crippen LogP contribution in [-0.4, -0.2) is 127 Å². The Morgan fingerprint density at radius 3 is 1.03 bits per heavy atom. The average molecular weight is 1050 g/mol. The van der Waals surface area contributed by atoms with Crippen LogP contribution in [0.5, 0.6) is 0 Å². The first-order valence-corrected chi connectivity index (χ1v) is 22.6. The summed E-state index contributed by atoms with van der Waals surface area (Å²) in [5, 5.41) is 0. The van der Waals surface area contributed by atoms with Gasteiger partial charge in [0, 0.05) is 16.7 Å². The molecule has 0 N–H and O–H groups in total. The van der Waals surface area contributed by atoms with Gasteiger partial charge in [0.25, 0.3) is 0 Å². The Labute approximate surface area is 428 Å². The van der Waals surface area contributed by atoms with Crippen LogP contribution in [0, 0.1) is 0 Å². The van der Waals surface area contributed by atoms with Gasteiger partial charge in [-0.25, -0.2) is 71.2 Å². The minimum Gasteiger partial charge on any atom is -0.460 e. The van der Waals surface area contributed by atoms with Crippen LogP contribution in [0.1, 0.15) is 54.3 Å². The maximum atomic E-state index is 13.9. The lowest BCUT2D eigenvalue weighted by atomic mass is 9.98. The molecule has 0 atom stereocenters. The number of allylic oxidation sites excluding steroid dienone is 2. The van der Waals surface area contributed by atoms with E-state index < -0.39 is 128 Å². The molecule has 0 unspecified atom stereocenters. The highest BCUT2D eigenvalue weighted by Crippen LogP contribution is 2.22. The Morgan fingerprint density at radius 1 is 0.427 bits per heavy atom. The van der Waals surface area contributed by atoms with E-state index in [1.165, 1.54) is 57.2 Å². The Balaban J connectivity index is 1.86.